The van der Waals surface area contributed by atoms with Gasteiger partial charge in [-0.1, -0.05) is 6.07 Å². The van der Waals surface area contributed by atoms with Gasteiger partial charge >= 0.3 is 0 Å². The SMILES string of the molecule is CNCc1cc(Br)c(OCc2cccnc2)c(OC)c1.Cl. The minimum absolute atomic E-state index is 0. The van der Waals surface area contributed by atoms with Gasteiger partial charge in [-0.05, 0) is 46.7 Å². The van der Waals surface area contributed by atoms with Gasteiger partial charge in [0.1, 0.15) is 6.61 Å². The third-order valence-electron chi connectivity index (χ3n) is 2.78. The molecule has 0 saturated heterocycles. The molecule has 1 aromatic carbocycles. The van der Waals surface area contributed by atoms with Crippen LogP contribution in [0.15, 0.2) is 41.1 Å². The Labute approximate surface area is 139 Å². The van der Waals surface area contributed by atoms with Gasteiger partial charge in [-0.3, -0.25) is 4.98 Å². The van der Waals surface area contributed by atoms with Crippen molar-refractivity contribution < 1.29 is 9.47 Å². The van der Waals surface area contributed by atoms with E-state index in [-0.39, 0.29) is 12.4 Å². The second-order valence-electron chi connectivity index (χ2n) is 4.29. The number of aromatic nitrogens is 1. The van der Waals surface area contributed by atoms with Crippen LogP contribution in [-0.2, 0) is 13.2 Å². The van der Waals surface area contributed by atoms with E-state index >= 15 is 0 Å². The lowest BCUT2D eigenvalue weighted by atomic mass is 10.2. The van der Waals surface area contributed by atoms with Crippen LogP contribution in [0, 0.1) is 0 Å². The van der Waals surface area contributed by atoms with Crippen molar-refractivity contribution in [3.05, 3.63) is 52.3 Å². The molecule has 1 heterocycles. The zero-order valence-corrected chi connectivity index (χ0v) is 14.3. The number of nitrogens with one attached hydrogen (secondary N) is 1. The fraction of sp³-hybridized carbons (Fsp3) is 0.267. The molecule has 0 saturated carbocycles. The summed E-state index contributed by atoms with van der Waals surface area (Å²) in [6.45, 7) is 1.23. The van der Waals surface area contributed by atoms with E-state index in [0.717, 1.165) is 22.1 Å². The molecule has 2 aromatic rings. The Morgan fingerprint density at radius 2 is 2.10 bits per heavy atom. The molecule has 1 N–H and O–H groups in total. The number of hydrogen-bond acceptors (Lipinski definition) is 4. The van der Waals surface area contributed by atoms with Crippen LogP contribution in [0.2, 0.25) is 0 Å². The average Bonchev–Trinajstić information content (AvgIpc) is 2.47. The maximum absolute atomic E-state index is 5.85. The molecule has 0 aliphatic rings. The highest BCUT2D eigenvalue weighted by molar-refractivity contribution is 9.10. The number of hydrogen-bond donors (Lipinski definition) is 1. The lowest BCUT2D eigenvalue weighted by Gasteiger charge is -2.14. The first-order valence-corrected chi connectivity index (χ1v) is 7.06. The monoisotopic (exact) mass is 372 g/mol. The number of methoxy groups -OCH3 is 1. The van der Waals surface area contributed by atoms with Crippen LogP contribution in [-0.4, -0.2) is 19.1 Å². The van der Waals surface area contributed by atoms with Crippen molar-refractivity contribution in [3.8, 4) is 11.5 Å². The molecule has 6 heteroatoms. The predicted molar refractivity (Wildman–Crippen MR) is 89.3 cm³/mol. The van der Waals surface area contributed by atoms with Crippen LogP contribution in [0.5, 0.6) is 11.5 Å². The maximum atomic E-state index is 5.85. The molecule has 0 aliphatic carbocycles. The van der Waals surface area contributed by atoms with E-state index < -0.39 is 0 Å². The Morgan fingerprint density at radius 3 is 2.71 bits per heavy atom. The summed E-state index contributed by atoms with van der Waals surface area (Å²) < 4.78 is 12.1. The van der Waals surface area contributed by atoms with E-state index in [0.29, 0.717) is 18.1 Å². The molecule has 4 nitrogen and oxygen atoms in total. The van der Waals surface area contributed by atoms with Crippen LogP contribution in [0.3, 0.4) is 0 Å². The zero-order chi connectivity index (χ0) is 14.4. The van der Waals surface area contributed by atoms with Crippen molar-refractivity contribution in [2.45, 2.75) is 13.2 Å². The minimum atomic E-state index is 0. The number of ether oxygens (including phenoxy) is 2. The molecule has 114 valence electrons. The van der Waals surface area contributed by atoms with Gasteiger partial charge in [0.2, 0.25) is 0 Å². The van der Waals surface area contributed by atoms with Crippen molar-refractivity contribution in [3.63, 3.8) is 0 Å². The molecule has 2 rings (SSSR count). The molecule has 0 spiro atoms. The van der Waals surface area contributed by atoms with Crippen LogP contribution >= 0.6 is 28.3 Å². The van der Waals surface area contributed by atoms with Crippen molar-refractivity contribution >= 4 is 28.3 Å². The molecule has 0 fully saturated rings. The lowest BCUT2D eigenvalue weighted by molar-refractivity contribution is 0.282. The highest BCUT2D eigenvalue weighted by atomic mass is 79.9. The maximum Gasteiger partial charge on any atom is 0.175 e. The average molecular weight is 374 g/mol. The fourth-order valence-electron chi connectivity index (χ4n) is 1.86. The third kappa shape index (κ3) is 4.88. The summed E-state index contributed by atoms with van der Waals surface area (Å²) in [6.07, 6.45) is 3.53. The van der Waals surface area contributed by atoms with Gasteiger partial charge in [0.05, 0.1) is 11.6 Å². The minimum Gasteiger partial charge on any atom is -0.493 e. The normalized spacial score (nSPS) is 9.86. The molecule has 1 aromatic heterocycles. The quantitative estimate of drug-likeness (QED) is 0.840. The summed E-state index contributed by atoms with van der Waals surface area (Å²) in [4.78, 5) is 4.07. The standard InChI is InChI=1S/C15H17BrN2O2.ClH/c1-17-8-12-6-13(16)15(14(7-12)19-2)20-10-11-4-3-5-18-9-11;/h3-7,9,17H,8,10H2,1-2H3;1H. The Bertz CT molecular complexity index is 567. The van der Waals surface area contributed by atoms with E-state index in [2.05, 4.69) is 26.2 Å². The van der Waals surface area contributed by atoms with Crippen LogP contribution in [0.4, 0.5) is 0 Å². The second kappa shape index (κ2) is 8.87. The van der Waals surface area contributed by atoms with Crippen LogP contribution in [0.25, 0.3) is 0 Å². The van der Waals surface area contributed by atoms with E-state index in [9.17, 15) is 0 Å². The van der Waals surface area contributed by atoms with E-state index in [4.69, 9.17) is 9.47 Å². The van der Waals surface area contributed by atoms with Crippen molar-refractivity contribution in [2.75, 3.05) is 14.2 Å². The predicted octanol–water partition coefficient (Wildman–Crippen LogP) is 3.57. The Balaban J connectivity index is 0.00000220. The summed E-state index contributed by atoms with van der Waals surface area (Å²) in [5.41, 5.74) is 2.14. The summed E-state index contributed by atoms with van der Waals surface area (Å²) in [6, 6.07) is 7.86. The van der Waals surface area contributed by atoms with Crippen LogP contribution < -0.4 is 14.8 Å². The molecule has 0 radical (unpaired) electrons. The van der Waals surface area contributed by atoms with Crippen molar-refractivity contribution in [1.29, 1.82) is 0 Å². The first-order valence-electron chi connectivity index (χ1n) is 6.27. The van der Waals surface area contributed by atoms with Crippen molar-refractivity contribution in [2.24, 2.45) is 0 Å². The van der Waals surface area contributed by atoms with Crippen molar-refractivity contribution in [1.82, 2.24) is 10.3 Å². The van der Waals surface area contributed by atoms with E-state index in [1.54, 1.807) is 19.5 Å². The molecule has 0 bridgehead atoms. The Kier molecular flexibility index (Phi) is 7.50. The highest BCUT2D eigenvalue weighted by Crippen LogP contribution is 2.37. The van der Waals surface area contributed by atoms with E-state index in [1.165, 1.54) is 0 Å². The molecule has 21 heavy (non-hydrogen) atoms. The van der Waals surface area contributed by atoms with Gasteiger partial charge in [-0.2, -0.15) is 0 Å². The summed E-state index contributed by atoms with van der Waals surface area (Å²) in [7, 11) is 3.55. The fourth-order valence-corrected chi connectivity index (χ4v) is 2.46. The number of halogens is 2. The van der Waals surface area contributed by atoms with Gasteiger partial charge < -0.3 is 14.8 Å². The van der Waals surface area contributed by atoms with Gasteiger partial charge in [-0.25, -0.2) is 0 Å². The lowest BCUT2D eigenvalue weighted by Crippen LogP contribution is -2.06. The smallest absolute Gasteiger partial charge is 0.175 e. The molecular formula is C15H18BrClN2O2. The molecule has 0 amide bonds. The molecule has 0 atom stereocenters. The molecule has 0 unspecified atom stereocenters. The first kappa shape index (κ1) is 17.8. The Hall–Kier alpha value is -1.30. The summed E-state index contributed by atoms with van der Waals surface area (Å²) in [5, 5.41) is 3.11. The number of nitrogens with zero attached hydrogens (tertiary/aromatic N) is 1. The first-order chi connectivity index (χ1) is 9.74. The third-order valence-corrected chi connectivity index (χ3v) is 3.37. The number of pyridine rings is 1. The van der Waals surface area contributed by atoms with Gasteiger partial charge in [-0.15, -0.1) is 12.4 Å². The summed E-state index contributed by atoms with van der Waals surface area (Å²) in [5.74, 6) is 1.42. The Morgan fingerprint density at radius 1 is 1.29 bits per heavy atom. The van der Waals surface area contributed by atoms with E-state index in [1.807, 2.05) is 31.3 Å². The number of rotatable bonds is 6. The van der Waals surface area contributed by atoms with Gasteiger partial charge in [0.15, 0.2) is 11.5 Å². The topological polar surface area (TPSA) is 43.4 Å². The van der Waals surface area contributed by atoms with Gasteiger partial charge in [0.25, 0.3) is 0 Å². The molecular weight excluding hydrogens is 356 g/mol. The summed E-state index contributed by atoms with van der Waals surface area (Å²) >= 11 is 3.53. The number of benzene rings is 1. The largest absolute Gasteiger partial charge is 0.493 e. The van der Waals surface area contributed by atoms with Gasteiger partial charge in [0, 0.05) is 24.5 Å². The molecule has 0 aliphatic heterocycles. The highest BCUT2D eigenvalue weighted by Gasteiger charge is 2.11. The zero-order valence-electron chi connectivity index (χ0n) is 11.9. The van der Waals surface area contributed by atoms with Crippen LogP contribution in [0.1, 0.15) is 11.1 Å². The second-order valence-corrected chi connectivity index (χ2v) is 5.14.